The highest BCUT2D eigenvalue weighted by molar-refractivity contribution is 5.73. The first-order valence-corrected chi connectivity index (χ1v) is 9.98. The van der Waals surface area contributed by atoms with Crippen LogP contribution in [-0.2, 0) is 13.0 Å². The largest absolute Gasteiger partial charge is 0.508 e. The number of phenols is 1. The van der Waals surface area contributed by atoms with E-state index in [0.717, 1.165) is 35.4 Å². The Hall–Kier alpha value is -3.61. The smallest absolute Gasteiger partial charge is 0.315 e. The zero-order valence-corrected chi connectivity index (χ0v) is 16.9. The number of nitrogens with zero attached hydrogens (tertiary/aromatic N) is 1. The molecule has 0 aliphatic rings. The number of hydrogen-bond donors (Lipinski definition) is 4. The van der Waals surface area contributed by atoms with Gasteiger partial charge in [-0.25, -0.2) is 9.78 Å². The van der Waals surface area contributed by atoms with Crippen LogP contribution >= 0.6 is 0 Å². The maximum absolute atomic E-state index is 12.4. The number of phenolic OH excluding ortho intramolecular Hbond substituents is 1. The summed E-state index contributed by atoms with van der Waals surface area (Å²) in [4.78, 5) is 31.7. The lowest BCUT2D eigenvalue weighted by atomic mass is 10.1. The van der Waals surface area contributed by atoms with E-state index in [9.17, 15) is 14.7 Å². The fourth-order valence-corrected chi connectivity index (χ4v) is 3.10. The standard InChI is InChI=1S/C23H26N4O3/c1-16-20(27-22(29)21(26-16)18-7-3-2-4-8-18)9-5-6-14-24-23(30)25-15-17-10-12-19(28)13-11-17/h2-4,7-8,10-13,28H,5-6,9,14-15H2,1H3,(H,27,29)(H2,24,25,30). The second kappa shape index (κ2) is 10.2. The lowest BCUT2D eigenvalue weighted by Gasteiger charge is -2.09. The highest BCUT2D eigenvalue weighted by Gasteiger charge is 2.09. The van der Waals surface area contributed by atoms with Crippen molar-refractivity contribution in [2.45, 2.75) is 32.7 Å². The Bertz CT molecular complexity index is 1030. The van der Waals surface area contributed by atoms with Gasteiger partial charge in [-0.05, 0) is 43.9 Å². The van der Waals surface area contributed by atoms with Crippen molar-refractivity contribution in [3.63, 3.8) is 0 Å². The number of nitrogens with one attached hydrogen (secondary N) is 3. The average Bonchev–Trinajstić information content (AvgIpc) is 2.75. The monoisotopic (exact) mass is 406 g/mol. The minimum absolute atomic E-state index is 0.187. The van der Waals surface area contributed by atoms with E-state index >= 15 is 0 Å². The van der Waals surface area contributed by atoms with Gasteiger partial charge in [0.25, 0.3) is 5.56 Å². The Labute approximate surface area is 175 Å². The third-order valence-electron chi connectivity index (χ3n) is 4.77. The van der Waals surface area contributed by atoms with Crippen molar-refractivity contribution in [2.75, 3.05) is 6.54 Å². The first-order chi connectivity index (χ1) is 14.5. The molecule has 156 valence electrons. The maximum Gasteiger partial charge on any atom is 0.315 e. The molecule has 2 amide bonds. The molecule has 0 fully saturated rings. The van der Waals surface area contributed by atoms with Crippen molar-refractivity contribution in [3.05, 3.63) is 81.9 Å². The summed E-state index contributed by atoms with van der Waals surface area (Å²) >= 11 is 0. The fourth-order valence-electron chi connectivity index (χ4n) is 3.10. The van der Waals surface area contributed by atoms with Crippen molar-refractivity contribution < 1.29 is 9.90 Å². The fraction of sp³-hybridized carbons (Fsp3) is 0.261. The Kier molecular flexibility index (Phi) is 7.21. The number of benzene rings is 2. The number of hydrogen-bond acceptors (Lipinski definition) is 4. The van der Waals surface area contributed by atoms with E-state index in [2.05, 4.69) is 20.6 Å². The number of H-pyrrole nitrogens is 1. The number of carbonyl (C=O) groups excluding carboxylic acids is 1. The van der Waals surface area contributed by atoms with Gasteiger partial charge in [0.1, 0.15) is 11.4 Å². The molecule has 2 aromatic carbocycles. The summed E-state index contributed by atoms with van der Waals surface area (Å²) in [5, 5.41) is 14.9. The Balaban J connectivity index is 1.41. The highest BCUT2D eigenvalue weighted by Crippen LogP contribution is 2.14. The van der Waals surface area contributed by atoms with Gasteiger partial charge in [-0.3, -0.25) is 4.79 Å². The molecule has 3 aromatic rings. The van der Waals surface area contributed by atoms with Gasteiger partial charge in [0, 0.05) is 24.3 Å². The average molecular weight is 406 g/mol. The molecule has 0 aliphatic carbocycles. The molecule has 1 aromatic heterocycles. The quantitative estimate of drug-likeness (QED) is 0.431. The molecule has 7 heteroatoms. The van der Waals surface area contributed by atoms with Crippen LogP contribution in [0.25, 0.3) is 11.3 Å². The van der Waals surface area contributed by atoms with Gasteiger partial charge in [0.05, 0.1) is 5.69 Å². The summed E-state index contributed by atoms with van der Waals surface area (Å²) < 4.78 is 0. The van der Waals surface area contributed by atoms with Crippen molar-refractivity contribution in [1.29, 1.82) is 0 Å². The molecule has 4 N–H and O–H groups in total. The van der Waals surface area contributed by atoms with Gasteiger partial charge in [-0.2, -0.15) is 0 Å². The van der Waals surface area contributed by atoms with Crippen LogP contribution in [-0.4, -0.2) is 27.7 Å². The molecular formula is C23H26N4O3. The molecule has 0 saturated carbocycles. The van der Waals surface area contributed by atoms with Crippen LogP contribution < -0.4 is 16.2 Å². The summed E-state index contributed by atoms with van der Waals surface area (Å²) in [6.07, 6.45) is 2.30. The van der Waals surface area contributed by atoms with E-state index in [4.69, 9.17) is 0 Å². The topological polar surface area (TPSA) is 107 Å². The number of aryl methyl sites for hydroxylation is 2. The number of aromatic amines is 1. The van der Waals surface area contributed by atoms with Crippen LogP contribution in [0, 0.1) is 6.92 Å². The van der Waals surface area contributed by atoms with Crippen LogP contribution in [0.2, 0.25) is 0 Å². The molecule has 0 saturated heterocycles. The molecule has 0 unspecified atom stereocenters. The van der Waals surface area contributed by atoms with E-state index in [0.29, 0.717) is 25.2 Å². The van der Waals surface area contributed by atoms with Crippen molar-refractivity contribution >= 4 is 6.03 Å². The second-order valence-electron chi connectivity index (χ2n) is 7.08. The Morgan fingerprint density at radius 3 is 2.50 bits per heavy atom. The lowest BCUT2D eigenvalue weighted by Crippen LogP contribution is -2.35. The second-order valence-corrected chi connectivity index (χ2v) is 7.08. The number of rotatable bonds is 8. The number of carbonyl (C=O) groups is 1. The van der Waals surface area contributed by atoms with Crippen molar-refractivity contribution in [3.8, 4) is 17.0 Å². The van der Waals surface area contributed by atoms with Crippen LogP contribution in [0.3, 0.4) is 0 Å². The summed E-state index contributed by atoms with van der Waals surface area (Å²) in [5.74, 6) is 0.199. The van der Waals surface area contributed by atoms with Crippen LogP contribution in [0.4, 0.5) is 4.79 Å². The Morgan fingerprint density at radius 2 is 1.77 bits per heavy atom. The number of aromatic hydroxyl groups is 1. The summed E-state index contributed by atoms with van der Waals surface area (Å²) in [6.45, 7) is 2.83. The third-order valence-corrected chi connectivity index (χ3v) is 4.77. The number of amides is 2. The van der Waals surface area contributed by atoms with Gasteiger partial charge in [0.15, 0.2) is 0 Å². The van der Waals surface area contributed by atoms with E-state index in [1.807, 2.05) is 37.3 Å². The van der Waals surface area contributed by atoms with Crippen LogP contribution in [0.1, 0.15) is 29.8 Å². The molecule has 3 rings (SSSR count). The normalized spacial score (nSPS) is 10.6. The van der Waals surface area contributed by atoms with Gasteiger partial charge in [-0.15, -0.1) is 0 Å². The van der Waals surface area contributed by atoms with Crippen LogP contribution in [0.5, 0.6) is 5.75 Å². The predicted molar refractivity (Wildman–Crippen MR) is 116 cm³/mol. The van der Waals surface area contributed by atoms with Gasteiger partial charge in [0.2, 0.25) is 0 Å². The summed E-state index contributed by atoms with van der Waals surface area (Å²) in [5.41, 5.74) is 3.60. The van der Waals surface area contributed by atoms with E-state index in [-0.39, 0.29) is 17.3 Å². The van der Waals surface area contributed by atoms with Crippen molar-refractivity contribution in [1.82, 2.24) is 20.6 Å². The summed E-state index contributed by atoms with van der Waals surface area (Å²) in [6, 6.07) is 15.9. The predicted octanol–water partition coefficient (Wildman–Crippen LogP) is 3.27. The molecule has 0 atom stereocenters. The Morgan fingerprint density at radius 1 is 1.03 bits per heavy atom. The maximum atomic E-state index is 12.4. The minimum atomic E-state index is -0.235. The number of aromatic nitrogens is 2. The zero-order valence-electron chi connectivity index (χ0n) is 16.9. The van der Waals surface area contributed by atoms with E-state index in [1.165, 1.54) is 0 Å². The van der Waals surface area contributed by atoms with E-state index < -0.39 is 0 Å². The third kappa shape index (κ3) is 5.94. The molecule has 0 bridgehead atoms. The first kappa shape index (κ1) is 21.1. The molecule has 30 heavy (non-hydrogen) atoms. The lowest BCUT2D eigenvalue weighted by molar-refractivity contribution is 0.240. The zero-order chi connectivity index (χ0) is 21.3. The molecule has 0 radical (unpaired) electrons. The molecule has 7 nitrogen and oxygen atoms in total. The highest BCUT2D eigenvalue weighted by atomic mass is 16.3. The summed E-state index contributed by atoms with van der Waals surface area (Å²) in [7, 11) is 0. The minimum Gasteiger partial charge on any atom is -0.508 e. The van der Waals surface area contributed by atoms with E-state index in [1.54, 1.807) is 24.3 Å². The molecule has 0 spiro atoms. The number of unbranched alkanes of at least 4 members (excludes halogenated alkanes) is 1. The first-order valence-electron chi connectivity index (χ1n) is 9.98. The molecule has 1 heterocycles. The van der Waals surface area contributed by atoms with Gasteiger partial charge < -0.3 is 20.7 Å². The van der Waals surface area contributed by atoms with Crippen LogP contribution in [0.15, 0.2) is 59.4 Å². The van der Waals surface area contributed by atoms with Gasteiger partial charge >= 0.3 is 6.03 Å². The molecular weight excluding hydrogens is 380 g/mol. The number of urea groups is 1. The SMILES string of the molecule is Cc1nc(-c2ccccc2)c(=O)[nH]c1CCCCNC(=O)NCc1ccc(O)cc1. The molecule has 0 aliphatic heterocycles. The van der Waals surface area contributed by atoms with Crippen molar-refractivity contribution in [2.24, 2.45) is 0 Å². The van der Waals surface area contributed by atoms with Gasteiger partial charge in [-0.1, -0.05) is 42.5 Å².